The summed E-state index contributed by atoms with van der Waals surface area (Å²) in [5.41, 5.74) is 1.59. The number of nitrogens with zero attached hydrogens (tertiary/aromatic N) is 2. The highest BCUT2D eigenvalue weighted by atomic mass is 16.7. The maximum atomic E-state index is 11.6. The molecular weight excluding hydrogens is 272 g/mol. The maximum absolute atomic E-state index is 11.6. The molecule has 1 N–H and O–H groups in total. The van der Waals surface area contributed by atoms with Gasteiger partial charge in [0.2, 0.25) is 6.79 Å². The van der Waals surface area contributed by atoms with Gasteiger partial charge in [-0.1, -0.05) is 6.92 Å². The van der Waals surface area contributed by atoms with Crippen molar-refractivity contribution in [1.82, 2.24) is 9.55 Å². The van der Waals surface area contributed by atoms with Gasteiger partial charge in [-0.3, -0.25) is 0 Å². The van der Waals surface area contributed by atoms with Crippen LogP contribution >= 0.6 is 0 Å². The van der Waals surface area contributed by atoms with E-state index in [1.807, 2.05) is 23.6 Å². The molecule has 1 aromatic heterocycles. The van der Waals surface area contributed by atoms with E-state index in [1.165, 1.54) is 0 Å². The van der Waals surface area contributed by atoms with E-state index in [-0.39, 0.29) is 6.79 Å². The Balaban J connectivity index is 1.96. The number of carboxylic acid groups (broad SMARTS) is 1. The Morgan fingerprint density at radius 1 is 1.43 bits per heavy atom. The fourth-order valence-electron chi connectivity index (χ4n) is 2.93. The molecule has 1 unspecified atom stereocenters. The van der Waals surface area contributed by atoms with E-state index in [0.29, 0.717) is 23.8 Å². The van der Waals surface area contributed by atoms with E-state index in [2.05, 4.69) is 4.98 Å². The molecule has 2 aromatic rings. The third-order valence-corrected chi connectivity index (χ3v) is 4.14. The lowest BCUT2D eigenvalue weighted by molar-refractivity contribution is -0.140. The standard InChI is InChI=1S/C15H16N2O4/c1-2-10(15(18)19)17-11-6-13-12(20-7-21-13)5-9(11)16-14(17)8-3-4-8/h5-6,8,10H,2-4,7H2,1H3,(H,18,19). The van der Waals surface area contributed by atoms with Crippen molar-refractivity contribution in [3.8, 4) is 11.5 Å². The molecule has 1 fully saturated rings. The lowest BCUT2D eigenvalue weighted by Gasteiger charge is -2.16. The molecule has 0 bridgehead atoms. The molecule has 6 heteroatoms. The van der Waals surface area contributed by atoms with E-state index < -0.39 is 12.0 Å². The van der Waals surface area contributed by atoms with Crippen LogP contribution in [0.5, 0.6) is 11.5 Å². The molecule has 110 valence electrons. The molecule has 1 saturated carbocycles. The number of hydrogen-bond acceptors (Lipinski definition) is 4. The van der Waals surface area contributed by atoms with Crippen molar-refractivity contribution < 1.29 is 19.4 Å². The summed E-state index contributed by atoms with van der Waals surface area (Å²) in [5, 5.41) is 9.52. The predicted molar refractivity (Wildman–Crippen MR) is 74.8 cm³/mol. The SMILES string of the molecule is CCC(C(=O)O)n1c(C2CC2)nc2cc3c(cc21)OCO3. The summed E-state index contributed by atoms with van der Waals surface area (Å²) >= 11 is 0. The summed E-state index contributed by atoms with van der Waals surface area (Å²) in [6.45, 7) is 2.09. The van der Waals surface area contributed by atoms with Crippen molar-refractivity contribution in [2.45, 2.75) is 38.1 Å². The first kappa shape index (κ1) is 12.5. The Hall–Kier alpha value is -2.24. The minimum Gasteiger partial charge on any atom is -0.480 e. The molecule has 4 rings (SSSR count). The summed E-state index contributed by atoms with van der Waals surface area (Å²) < 4.78 is 12.7. The van der Waals surface area contributed by atoms with Gasteiger partial charge in [-0.2, -0.15) is 0 Å². The second kappa shape index (κ2) is 4.38. The van der Waals surface area contributed by atoms with Gasteiger partial charge in [0.25, 0.3) is 0 Å². The second-order valence-corrected chi connectivity index (χ2v) is 5.57. The fraction of sp³-hybridized carbons (Fsp3) is 0.467. The highest BCUT2D eigenvalue weighted by molar-refractivity contribution is 5.84. The lowest BCUT2D eigenvalue weighted by atomic mass is 10.2. The minimum absolute atomic E-state index is 0.202. The van der Waals surface area contributed by atoms with E-state index in [9.17, 15) is 9.90 Å². The third-order valence-electron chi connectivity index (χ3n) is 4.14. The molecule has 0 radical (unpaired) electrons. The molecule has 0 spiro atoms. The molecule has 21 heavy (non-hydrogen) atoms. The number of hydrogen-bond donors (Lipinski definition) is 1. The number of fused-ring (bicyclic) bond motifs is 2. The lowest BCUT2D eigenvalue weighted by Crippen LogP contribution is -2.20. The van der Waals surface area contributed by atoms with Crippen molar-refractivity contribution in [1.29, 1.82) is 0 Å². The zero-order chi connectivity index (χ0) is 14.6. The first-order valence-corrected chi connectivity index (χ1v) is 7.23. The van der Waals surface area contributed by atoms with Gasteiger partial charge in [-0.15, -0.1) is 0 Å². The van der Waals surface area contributed by atoms with Gasteiger partial charge in [0.15, 0.2) is 11.5 Å². The number of carboxylic acids is 1. The number of rotatable bonds is 4. The zero-order valence-electron chi connectivity index (χ0n) is 11.7. The first-order valence-electron chi connectivity index (χ1n) is 7.23. The van der Waals surface area contributed by atoms with Gasteiger partial charge in [-0.25, -0.2) is 9.78 Å². The summed E-state index contributed by atoms with van der Waals surface area (Å²) in [6.07, 6.45) is 2.67. The van der Waals surface area contributed by atoms with Crippen LogP contribution in [0.3, 0.4) is 0 Å². The fourth-order valence-corrected chi connectivity index (χ4v) is 2.93. The van der Waals surface area contributed by atoms with Crippen LogP contribution in [0.4, 0.5) is 0 Å². The van der Waals surface area contributed by atoms with Crippen molar-refractivity contribution in [2.24, 2.45) is 0 Å². The summed E-state index contributed by atoms with van der Waals surface area (Å²) in [7, 11) is 0. The van der Waals surface area contributed by atoms with Crippen LogP contribution in [0.25, 0.3) is 11.0 Å². The monoisotopic (exact) mass is 288 g/mol. The van der Waals surface area contributed by atoms with Gasteiger partial charge >= 0.3 is 5.97 Å². The van der Waals surface area contributed by atoms with Gasteiger partial charge in [0.1, 0.15) is 11.9 Å². The van der Waals surface area contributed by atoms with Crippen molar-refractivity contribution >= 4 is 17.0 Å². The van der Waals surface area contributed by atoms with Gasteiger partial charge in [-0.05, 0) is 19.3 Å². The normalized spacial score (nSPS) is 18.1. The average Bonchev–Trinajstić information content (AvgIpc) is 3.10. The summed E-state index contributed by atoms with van der Waals surface area (Å²) in [5.74, 6) is 1.77. The number of ether oxygens (including phenoxy) is 2. The predicted octanol–water partition coefficient (Wildman–Crippen LogP) is 2.68. The van der Waals surface area contributed by atoms with Gasteiger partial charge < -0.3 is 19.1 Å². The molecule has 1 aliphatic heterocycles. The van der Waals surface area contributed by atoms with Gasteiger partial charge in [0.05, 0.1) is 11.0 Å². The summed E-state index contributed by atoms with van der Waals surface area (Å²) in [6, 6.07) is 3.10. The van der Waals surface area contributed by atoms with Crippen molar-refractivity contribution in [3.63, 3.8) is 0 Å². The highest BCUT2D eigenvalue weighted by Crippen LogP contribution is 2.44. The number of carbonyl (C=O) groups is 1. The third kappa shape index (κ3) is 1.86. The van der Waals surface area contributed by atoms with Crippen LogP contribution in [0, 0.1) is 0 Å². The molecule has 0 amide bonds. The molecule has 1 aliphatic carbocycles. The molecule has 2 aliphatic rings. The van der Waals surface area contributed by atoms with Crippen molar-refractivity contribution in [3.05, 3.63) is 18.0 Å². The van der Waals surface area contributed by atoms with E-state index in [4.69, 9.17) is 9.47 Å². The Morgan fingerprint density at radius 3 is 2.76 bits per heavy atom. The summed E-state index contributed by atoms with van der Waals surface area (Å²) in [4.78, 5) is 16.3. The Kier molecular flexibility index (Phi) is 2.60. The number of imidazole rings is 1. The Labute approximate surface area is 121 Å². The maximum Gasteiger partial charge on any atom is 0.326 e. The molecule has 1 atom stereocenters. The van der Waals surface area contributed by atoms with Crippen LogP contribution in [-0.2, 0) is 4.79 Å². The van der Waals surface area contributed by atoms with Crippen molar-refractivity contribution in [2.75, 3.05) is 6.79 Å². The molecule has 0 saturated heterocycles. The van der Waals surface area contributed by atoms with E-state index in [1.54, 1.807) is 0 Å². The number of benzene rings is 1. The molecule has 2 heterocycles. The van der Waals surface area contributed by atoms with Gasteiger partial charge in [0, 0.05) is 18.1 Å². The smallest absolute Gasteiger partial charge is 0.326 e. The topological polar surface area (TPSA) is 73.6 Å². The number of aliphatic carboxylic acids is 1. The average molecular weight is 288 g/mol. The van der Waals surface area contributed by atoms with Crippen LogP contribution < -0.4 is 9.47 Å². The van der Waals surface area contributed by atoms with Crippen LogP contribution in [0.15, 0.2) is 12.1 Å². The minimum atomic E-state index is -0.823. The first-order chi connectivity index (χ1) is 10.2. The van der Waals surface area contributed by atoms with E-state index >= 15 is 0 Å². The Morgan fingerprint density at radius 2 is 2.14 bits per heavy atom. The largest absolute Gasteiger partial charge is 0.480 e. The Bertz CT molecular complexity index is 733. The molecule has 1 aromatic carbocycles. The zero-order valence-corrected chi connectivity index (χ0v) is 11.7. The number of aromatic nitrogens is 2. The van der Waals surface area contributed by atoms with E-state index in [0.717, 1.165) is 29.7 Å². The second-order valence-electron chi connectivity index (χ2n) is 5.57. The van der Waals surface area contributed by atoms with Crippen LogP contribution in [-0.4, -0.2) is 27.4 Å². The molecular formula is C15H16N2O4. The quantitative estimate of drug-likeness (QED) is 0.936. The highest BCUT2D eigenvalue weighted by Gasteiger charge is 2.34. The van der Waals surface area contributed by atoms with Crippen LogP contribution in [0.2, 0.25) is 0 Å². The molecule has 6 nitrogen and oxygen atoms in total. The van der Waals surface area contributed by atoms with Crippen LogP contribution in [0.1, 0.15) is 44.0 Å².